The molecule has 3 heterocycles. The number of nitrogens with zero attached hydrogens (tertiary/aromatic N) is 4. The van der Waals surface area contributed by atoms with Crippen molar-refractivity contribution in [2.75, 3.05) is 0 Å². The summed E-state index contributed by atoms with van der Waals surface area (Å²) in [7, 11) is 0. The third-order valence-electron chi connectivity index (χ3n) is 8.99. The number of hydrogen-bond donors (Lipinski definition) is 0. The summed E-state index contributed by atoms with van der Waals surface area (Å²) in [5.41, 5.74) is 13.1. The molecular weight excluding hydrogens is 597 g/mol. The van der Waals surface area contributed by atoms with Gasteiger partial charge in [0.2, 0.25) is 0 Å². The summed E-state index contributed by atoms with van der Waals surface area (Å²) >= 11 is 0. The molecular formula is C45H30N4. The van der Waals surface area contributed by atoms with Crippen molar-refractivity contribution < 1.29 is 0 Å². The first-order valence-corrected chi connectivity index (χ1v) is 16.5. The third-order valence-corrected chi connectivity index (χ3v) is 8.99. The lowest BCUT2D eigenvalue weighted by molar-refractivity contribution is 1.15. The Hall–Kier alpha value is -6.65. The van der Waals surface area contributed by atoms with E-state index < -0.39 is 0 Å². The van der Waals surface area contributed by atoms with E-state index in [4.69, 9.17) is 15.0 Å². The van der Waals surface area contributed by atoms with Gasteiger partial charge in [-0.1, -0.05) is 146 Å². The van der Waals surface area contributed by atoms with E-state index in [0.29, 0.717) is 5.82 Å². The van der Waals surface area contributed by atoms with Crippen molar-refractivity contribution in [3.63, 3.8) is 0 Å². The van der Waals surface area contributed by atoms with Crippen LogP contribution in [0.4, 0.5) is 0 Å². The molecule has 0 radical (unpaired) electrons. The summed E-state index contributed by atoms with van der Waals surface area (Å²) in [5, 5.41) is 1.09. The molecule has 0 aliphatic rings. The van der Waals surface area contributed by atoms with Gasteiger partial charge in [-0.25, -0.2) is 15.0 Å². The fourth-order valence-electron chi connectivity index (χ4n) is 6.67. The molecule has 0 unspecified atom stereocenters. The Kier molecular flexibility index (Phi) is 7.10. The molecule has 0 fully saturated rings. The highest BCUT2D eigenvalue weighted by atomic mass is 15.0. The van der Waals surface area contributed by atoms with Gasteiger partial charge < -0.3 is 4.57 Å². The summed E-state index contributed by atoms with van der Waals surface area (Å²) < 4.78 is 2.29. The van der Waals surface area contributed by atoms with Crippen LogP contribution >= 0.6 is 0 Å². The average Bonchev–Trinajstić information content (AvgIpc) is 3.53. The molecule has 0 saturated heterocycles. The van der Waals surface area contributed by atoms with E-state index in [2.05, 4.69) is 162 Å². The lowest BCUT2D eigenvalue weighted by Gasteiger charge is -2.13. The van der Waals surface area contributed by atoms with Gasteiger partial charge in [0.25, 0.3) is 0 Å². The Morgan fingerprint density at radius 3 is 1.63 bits per heavy atom. The molecule has 0 bridgehead atoms. The van der Waals surface area contributed by atoms with Crippen molar-refractivity contribution in [1.29, 1.82) is 0 Å². The molecule has 0 N–H and O–H groups in total. The summed E-state index contributed by atoms with van der Waals surface area (Å²) in [4.78, 5) is 15.8. The number of benzene rings is 6. The van der Waals surface area contributed by atoms with Gasteiger partial charge in [-0.05, 0) is 47.5 Å². The minimum Gasteiger partial charge on any atom is -0.306 e. The molecule has 0 aliphatic carbocycles. The molecule has 0 saturated carbocycles. The van der Waals surface area contributed by atoms with Crippen molar-refractivity contribution in [1.82, 2.24) is 19.5 Å². The van der Waals surface area contributed by atoms with Crippen LogP contribution in [0.3, 0.4) is 0 Å². The van der Waals surface area contributed by atoms with E-state index in [9.17, 15) is 0 Å². The number of para-hydroxylation sites is 2. The van der Waals surface area contributed by atoms with Crippen LogP contribution in [0.25, 0.3) is 83.9 Å². The number of pyridine rings is 1. The Bertz CT molecular complexity index is 2520. The Balaban J connectivity index is 1.26. The molecule has 9 aromatic rings. The SMILES string of the molecule is c1ccc(-c2cc(-c3ccccc3)nc(-c3cccc(-c4nc(-c5ccccc5)c5c(n4)c4ccccc4n5-c4ccccc4)c3)c2)cc1. The lowest BCUT2D eigenvalue weighted by Crippen LogP contribution is -2.00. The molecule has 0 spiro atoms. The number of hydrogen-bond acceptors (Lipinski definition) is 3. The molecule has 0 amide bonds. The summed E-state index contributed by atoms with van der Waals surface area (Å²) in [6.07, 6.45) is 0. The second-order valence-electron chi connectivity index (χ2n) is 12.1. The number of fused-ring (bicyclic) bond motifs is 3. The molecule has 0 atom stereocenters. The normalized spacial score (nSPS) is 11.3. The van der Waals surface area contributed by atoms with Gasteiger partial charge in [0, 0.05) is 33.3 Å². The van der Waals surface area contributed by atoms with E-state index >= 15 is 0 Å². The van der Waals surface area contributed by atoms with Crippen LogP contribution in [0.5, 0.6) is 0 Å². The topological polar surface area (TPSA) is 43.6 Å². The van der Waals surface area contributed by atoms with E-state index in [1.807, 2.05) is 24.3 Å². The molecule has 6 aromatic carbocycles. The third kappa shape index (κ3) is 5.26. The molecule has 230 valence electrons. The molecule has 49 heavy (non-hydrogen) atoms. The molecule has 4 nitrogen and oxygen atoms in total. The highest BCUT2D eigenvalue weighted by molar-refractivity contribution is 6.11. The van der Waals surface area contributed by atoms with Crippen LogP contribution < -0.4 is 0 Å². The van der Waals surface area contributed by atoms with Crippen molar-refractivity contribution in [2.24, 2.45) is 0 Å². The highest BCUT2D eigenvalue weighted by Gasteiger charge is 2.21. The Labute approximate surface area is 284 Å². The van der Waals surface area contributed by atoms with Crippen molar-refractivity contribution in [3.8, 4) is 62.0 Å². The average molecular weight is 627 g/mol. The zero-order valence-corrected chi connectivity index (χ0v) is 26.6. The minimum absolute atomic E-state index is 0.673. The first-order chi connectivity index (χ1) is 24.3. The van der Waals surface area contributed by atoms with Crippen LogP contribution in [-0.4, -0.2) is 19.5 Å². The second kappa shape index (κ2) is 12.2. The van der Waals surface area contributed by atoms with E-state index in [-0.39, 0.29) is 0 Å². The van der Waals surface area contributed by atoms with Gasteiger partial charge in [-0.3, -0.25) is 0 Å². The van der Waals surface area contributed by atoms with Gasteiger partial charge >= 0.3 is 0 Å². The van der Waals surface area contributed by atoms with Crippen molar-refractivity contribution in [3.05, 3.63) is 182 Å². The van der Waals surface area contributed by atoms with E-state index in [1.54, 1.807) is 0 Å². The summed E-state index contributed by atoms with van der Waals surface area (Å²) in [6.45, 7) is 0. The smallest absolute Gasteiger partial charge is 0.160 e. The van der Waals surface area contributed by atoms with Crippen LogP contribution in [-0.2, 0) is 0 Å². The maximum Gasteiger partial charge on any atom is 0.160 e. The van der Waals surface area contributed by atoms with Gasteiger partial charge in [0.1, 0.15) is 5.52 Å². The van der Waals surface area contributed by atoms with Gasteiger partial charge in [0.05, 0.1) is 28.1 Å². The van der Waals surface area contributed by atoms with Crippen LogP contribution in [0, 0.1) is 0 Å². The quantitative estimate of drug-likeness (QED) is 0.184. The van der Waals surface area contributed by atoms with Gasteiger partial charge in [0.15, 0.2) is 5.82 Å². The van der Waals surface area contributed by atoms with Crippen LogP contribution in [0.1, 0.15) is 0 Å². The zero-order chi connectivity index (χ0) is 32.6. The van der Waals surface area contributed by atoms with Crippen molar-refractivity contribution in [2.45, 2.75) is 0 Å². The zero-order valence-electron chi connectivity index (χ0n) is 26.6. The fraction of sp³-hybridized carbons (Fsp3) is 0. The van der Waals surface area contributed by atoms with Crippen molar-refractivity contribution >= 4 is 21.9 Å². The van der Waals surface area contributed by atoms with E-state index in [1.165, 1.54) is 0 Å². The molecule has 3 aromatic heterocycles. The lowest BCUT2D eigenvalue weighted by atomic mass is 9.99. The molecule has 4 heteroatoms. The highest BCUT2D eigenvalue weighted by Crippen LogP contribution is 2.38. The largest absolute Gasteiger partial charge is 0.306 e. The molecule has 9 rings (SSSR count). The predicted molar refractivity (Wildman–Crippen MR) is 201 cm³/mol. The maximum absolute atomic E-state index is 5.34. The fourth-order valence-corrected chi connectivity index (χ4v) is 6.67. The predicted octanol–water partition coefficient (Wildman–Crippen LogP) is 11.3. The van der Waals surface area contributed by atoms with Gasteiger partial charge in [-0.15, -0.1) is 0 Å². The van der Waals surface area contributed by atoms with Crippen LogP contribution in [0.15, 0.2) is 182 Å². The molecule has 0 aliphatic heterocycles. The Morgan fingerprint density at radius 2 is 0.918 bits per heavy atom. The second-order valence-corrected chi connectivity index (χ2v) is 12.1. The Morgan fingerprint density at radius 1 is 0.367 bits per heavy atom. The summed E-state index contributed by atoms with van der Waals surface area (Å²) in [5.74, 6) is 0.673. The number of aromatic nitrogens is 4. The first kappa shape index (κ1) is 28.6. The minimum atomic E-state index is 0.673. The standard InChI is InChI=1S/C45H30N4/c1-5-16-31(17-6-1)36-29-39(32-18-7-2-8-19-32)46-40(30-36)34-22-15-23-35(28-34)45-47-42(33-20-9-3-10-21-33)44-43(48-45)38-26-13-14-27-41(38)49(44)37-24-11-4-12-25-37/h1-30H. The number of rotatable bonds is 6. The van der Waals surface area contributed by atoms with Crippen LogP contribution in [0.2, 0.25) is 0 Å². The monoisotopic (exact) mass is 626 g/mol. The van der Waals surface area contributed by atoms with Gasteiger partial charge in [-0.2, -0.15) is 0 Å². The van der Waals surface area contributed by atoms with E-state index in [0.717, 1.165) is 78.1 Å². The summed E-state index contributed by atoms with van der Waals surface area (Å²) in [6, 6.07) is 63.0. The first-order valence-electron chi connectivity index (χ1n) is 16.5. The maximum atomic E-state index is 5.34.